The first-order valence-electron chi connectivity index (χ1n) is 15.3. The average Bonchev–Trinajstić information content (AvgIpc) is 3.74. The summed E-state index contributed by atoms with van der Waals surface area (Å²) in [7, 11) is 1.92. The van der Waals surface area contributed by atoms with Crippen molar-refractivity contribution in [2.75, 3.05) is 19.6 Å². The van der Waals surface area contributed by atoms with Crippen molar-refractivity contribution >= 4 is 28.6 Å². The molecule has 2 aromatic carbocycles. The lowest BCUT2D eigenvalue weighted by Gasteiger charge is -2.27. The molecule has 1 aromatic heterocycles. The van der Waals surface area contributed by atoms with E-state index in [0.29, 0.717) is 19.5 Å². The standard InChI is InChI=1S/C33H44N6O3/c1-22-6-8-24(9-7-22)10-11-26-19-30(32(41)35-20-25-12-13-27-23(2)36-37(3)29(27)18-25)39(21-26)33(42)28(34)14-15-31(40)38-16-4-5-17-38/h6-9,12-13,18,26,28,30H,4-5,10-11,14-17,19-21,34H2,1-3H3,(H,35,41)/t26?,28-,30+/m1/s1. The van der Waals surface area contributed by atoms with Gasteiger partial charge in [0.1, 0.15) is 6.04 Å². The molecular weight excluding hydrogens is 528 g/mol. The molecule has 2 saturated heterocycles. The van der Waals surface area contributed by atoms with Gasteiger partial charge in [0.25, 0.3) is 0 Å². The topological polar surface area (TPSA) is 114 Å². The van der Waals surface area contributed by atoms with Crippen molar-refractivity contribution in [1.29, 1.82) is 0 Å². The number of nitrogens with one attached hydrogen (secondary N) is 1. The number of nitrogens with two attached hydrogens (primary N) is 1. The fraction of sp³-hybridized carbons (Fsp3) is 0.515. The highest BCUT2D eigenvalue weighted by Gasteiger charge is 2.40. The highest BCUT2D eigenvalue weighted by Crippen LogP contribution is 2.29. The lowest BCUT2D eigenvalue weighted by atomic mass is 9.96. The van der Waals surface area contributed by atoms with Gasteiger partial charge in [0, 0.05) is 45.0 Å². The number of hydrogen-bond donors (Lipinski definition) is 2. The summed E-state index contributed by atoms with van der Waals surface area (Å²) in [6.45, 7) is 6.49. The molecule has 9 heteroatoms. The molecule has 1 unspecified atom stereocenters. The first kappa shape index (κ1) is 29.8. The second-order valence-corrected chi connectivity index (χ2v) is 12.1. The predicted octanol–water partition coefficient (Wildman–Crippen LogP) is 3.39. The first-order chi connectivity index (χ1) is 20.2. The third-order valence-electron chi connectivity index (χ3n) is 8.95. The number of aromatic nitrogens is 2. The quantitative estimate of drug-likeness (QED) is 0.387. The zero-order valence-corrected chi connectivity index (χ0v) is 25.1. The number of amides is 3. The van der Waals surface area contributed by atoms with Crippen LogP contribution in [0, 0.1) is 19.8 Å². The number of fused-ring (bicyclic) bond motifs is 1. The molecule has 0 radical (unpaired) electrons. The average molecular weight is 573 g/mol. The van der Waals surface area contributed by atoms with E-state index in [1.165, 1.54) is 11.1 Å². The summed E-state index contributed by atoms with van der Waals surface area (Å²) in [5.74, 6) is -0.155. The molecule has 2 aliphatic heterocycles. The van der Waals surface area contributed by atoms with Crippen LogP contribution in [0.5, 0.6) is 0 Å². The number of likely N-dealkylation sites (tertiary alicyclic amines) is 2. The van der Waals surface area contributed by atoms with Crippen LogP contribution in [0.15, 0.2) is 42.5 Å². The number of carbonyl (C=O) groups excluding carboxylic acids is 3. The van der Waals surface area contributed by atoms with Crippen LogP contribution in [0.2, 0.25) is 0 Å². The van der Waals surface area contributed by atoms with Gasteiger partial charge in [-0.15, -0.1) is 0 Å². The lowest BCUT2D eigenvalue weighted by molar-refractivity contribution is -0.140. The molecule has 3 heterocycles. The zero-order chi connectivity index (χ0) is 29.8. The smallest absolute Gasteiger partial charge is 0.243 e. The van der Waals surface area contributed by atoms with Gasteiger partial charge in [-0.05, 0) is 75.5 Å². The van der Waals surface area contributed by atoms with Crippen LogP contribution in [0.4, 0.5) is 0 Å². The van der Waals surface area contributed by atoms with Crippen molar-refractivity contribution in [1.82, 2.24) is 24.9 Å². The number of benzene rings is 2. The summed E-state index contributed by atoms with van der Waals surface area (Å²) in [5, 5.41) is 8.66. The molecule has 3 atom stereocenters. The third-order valence-corrected chi connectivity index (χ3v) is 8.95. The van der Waals surface area contributed by atoms with Crippen molar-refractivity contribution in [3.63, 3.8) is 0 Å². The third kappa shape index (κ3) is 6.84. The minimum atomic E-state index is -0.807. The van der Waals surface area contributed by atoms with Gasteiger partial charge in [-0.1, -0.05) is 42.0 Å². The summed E-state index contributed by atoms with van der Waals surface area (Å²) >= 11 is 0. The molecule has 42 heavy (non-hydrogen) atoms. The SMILES string of the molecule is Cc1ccc(CCC2C[C@@H](C(=O)NCc3ccc4c(C)nn(C)c4c3)N(C(=O)[C@H](N)CCC(=O)N3CCCC3)C2)cc1. The van der Waals surface area contributed by atoms with Gasteiger partial charge in [0.2, 0.25) is 17.7 Å². The van der Waals surface area contributed by atoms with Gasteiger partial charge in [0.15, 0.2) is 0 Å². The molecule has 3 N–H and O–H groups in total. The Morgan fingerprint density at radius 3 is 2.50 bits per heavy atom. The molecule has 9 nitrogen and oxygen atoms in total. The van der Waals surface area contributed by atoms with E-state index in [1.807, 2.05) is 41.8 Å². The molecule has 0 saturated carbocycles. The summed E-state index contributed by atoms with van der Waals surface area (Å²) < 4.78 is 1.85. The second-order valence-electron chi connectivity index (χ2n) is 12.1. The van der Waals surface area contributed by atoms with Gasteiger partial charge in [-0.2, -0.15) is 5.10 Å². The van der Waals surface area contributed by atoms with E-state index in [1.54, 1.807) is 4.90 Å². The van der Waals surface area contributed by atoms with Crippen molar-refractivity contribution in [2.45, 2.75) is 77.4 Å². The van der Waals surface area contributed by atoms with Gasteiger partial charge >= 0.3 is 0 Å². The van der Waals surface area contributed by atoms with Gasteiger partial charge < -0.3 is 20.9 Å². The van der Waals surface area contributed by atoms with E-state index < -0.39 is 12.1 Å². The monoisotopic (exact) mass is 572 g/mol. The Morgan fingerprint density at radius 1 is 1.05 bits per heavy atom. The normalized spacial score (nSPS) is 19.4. The molecule has 2 fully saturated rings. The van der Waals surface area contributed by atoms with E-state index in [4.69, 9.17) is 5.73 Å². The Morgan fingerprint density at radius 2 is 1.76 bits per heavy atom. The van der Waals surface area contributed by atoms with Crippen LogP contribution in [-0.4, -0.2) is 69.0 Å². The molecule has 0 spiro atoms. The summed E-state index contributed by atoms with van der Waals surface area (Å²) in [6.07, 6.45) is 4.98. The van der Waals surface area contributed by atoms with Gasteiger partial charge in [0.05, 0.1) is 17.3 Å². The predicted molar refractivity (Wildman–Crippen MR) is 163 cm³/mol. The highest BCUT2D eigenvalue weighted by molar-refractivity contribution is 5.91. The van der Waals surface area contributed by atoms with E-state index in [9.17, 15) is 14.4 Å². The maximum absolute atomic E-state index is 13.6. The summed E-state index contributed by atoms with van der Waals surface area (Å²) in [6, 6.07) is 13.2. The molecule has 5 rings (SSSR count). The number of nitrogens with zero attached hydrogens (tertiary/aromatic N) is 4. The van der Waals surface area contributed by atoms with Gasteiger partial charge in [-0.25, -0.2) is 0 Å². The minimum Gasteiger partial charge on any atom is -0.350 e. The Bertz CT molecular complexity index is 1430. The second kappa shape index (κ2) is 13.1. The van der Waals surface area contributed by atoms with Crippen molar-refractivity contribution < 1.29 is 14.4 Å². The van der Waals surface area contributed by atoms with E-state index >= 15 is 0 Å². The fourth-order valence-electron chi connectivity index (χ4n) is 6.39. The first-order valence-corrected chi connectivity index (χ1v) is 15.3. The maximum atomic E-state index is 13.6. The van der Waals surface area contributed by atoms with Crippen LogP contribution in [0.1, 0.15) is 60.9 Å². The van der Waals surface area contributed by atoms with Crippen LogP contribution in [-0.2, 0) is 34.4 Å². The fourth-order valence-corrected chi connectivity index (χ4v) is 6.39. The van der Waals surface area contributed by atoms with Crippen molar-refractivity contribution in [3.8, 4) is 0 Å². The highest BCUT2D eigenvalue weighted by atomic mass is 16.2. The van der Waals surface area contributed by atoms with Crippen molar-refractivity contribution in [3.05, 3.63) is 64.8 Å². The number of carbonyl (C=O) groups is 3. The van der Waals surface area contributed by atoms with E-state index in [0.717, 1.165) is 60.9 Å². The Kier molecular flexibility index (Phi) is 9.26. The molecule has 0 aliphatic carbocycles. The van der Waals surface area contributed by atoms with Crippen LogP contribution in [0.3, 0.4) is 0 Å². The Labute approximate surface area is 248 Å². The van der Waals surface area contributed by atoms with Gasteiger partial charge in [-0.3, -0.25) is 19.1 Å². The molecule has 2 aliphatic rings. The Hall–Kier alpha value is -3.72. The molecule has 3 amide bonds. The van der Waals surface area contributed by atoms with Crippen LogP contribution in [0.25, 0.3) is 10.9 Å². The molecule has 3 aromatic rings. The maximum Gasteiger partial charge on any atom is 0.243 e. The number of aryl methyl sites for hydroxylation is 4. The minimum absolute atomic E-state index is 0.0584. The number of rotatable bonds is 10. The van der Waals surface area contributed by atoms with E-state index in [2.05, 4.69) is 41.6 Å². The lowest BCUT2D eigenvalue weighted by Crippen LogP contribution is -2.51. The van der Waals surface area contributed by atoms with E-state index in [-0.39, 0.29) is 36.5 Å². The zero-order valence-electron chi connectivity index (χ0n) is 25.1. The van der Waals surface area contributed by atoms with Crippen LogP contribution < -0.4 is 11.1 Å². The largest absolute Gasteiger partial charge is 0.350 e. The van der Waals surface area contributed by atoms with Crippen LogP contribution >= 0.6 is 0 Å². The number of hydrogen-bond acceptors (Lipinski definition) is 5. The molecule has 224 valence electrons. The molecular formula is C33H44N6O3. The van der Waals surface area contributed by atoms with Crippen molar-refractivity contribution in [2.24, 2.45) is 18.7 Å². The summed E-state index contributed by atoms with van der Waals surface area (Å²) in [5.41, 5.74) is 11.8. The molecule has 0 bridgehead atoms. The summed E-state index contributed by atoms with van der Waals surface area (Å²) in [4.78, 5) is 43.3. The Balaban J connectivity index is 1.24.